The van der Waals surface area contributed by atoms with Crippen molar-refractivity contribution in [3.8, 4) is 0 Å². The van der Waals surface area contributed by atoms with Crippen molar-refractivity contribution < 1.29 is 14.4 Å². The molecule has 1 amide bonds. The highest BCUT2D eigenvalue weighted by atomic mass is 19.2. The Balaban J connectivity index is 2.17. The Hall–Kier alpha value is -1.62. The fourth-order valence-electron chi connectivity index (χ4n) is 2.17. The van der Waals surface area contributed by atoms with Gasteiger partial charge in [-0.05, 0) is 31.4 Å². The number of nitrogens with one attached hydrogen (secondary N) is 2. The first kappa shape index (κ1) is 11.9. The summed E-state index contributed by atoms with van der Waals surface area (Å²) in [5.41, 5.74) is 1.91. The quantitative estimate of drug-likeness (QED) is 0.701. The summed E-state index contributed by atoms with van der Waals surface area (Å²) in [6.45, 7) is 0. The van der Waals surface area contributed by atoms with Gasteiger partial charge in [-0.2, -0.15) is 5.54 Å². The average Bonchev–Trinajstić information content (AvgIpc) is 2.75. The van der Waals surface area contributed by atoms with Crippen LogP contribution in [0.4, 0.5) is 10.2 Å². The monoisotopic (exact) mass is 238 g/mol. The third kappa shape index (κ3) is 2.55. The number of carbonyl (C=O) groups excluding carboxylic acids is 1. The number of hydrogen-bond acceptors (Lipinski definition) is 3. The summed E-state index contributed by atoms with van der Waals surface area (Å²) in [7, 11) is 0. The second kappa shape index (κ2) is 5.14. The molecular weight excluding hydrogens is 223 g/mol. The zero-order valence-electron chi connectivity index (χ0n) is 9.32. The van der Waals surface area contributed by atoms with Gasteiger partial charge < -0.3 is 10.4 Å². The molecule has 1 fully saturated rings. The molecule has 0 aromatic heterocycles. The molecule has 2 atom stereocenters. The molecule has 0 bridgehead atoms. The maximum absolute atomic E-state index is 12.2. The van der Waals surface area contributed by atoms with Crippen LogP contribution in [0.2, 0.25) is 0 Å². The van der Waals surface area contributed by atoms with E-state index >= 15 is 0 Å². The van der Waals surface area contributed by atoms with Gasteiger partial charge in [-0.3, -0.25) is 4.79 Å². The predicted octanol–water partition coefficient (Wildman–Crippen LogP) is 1.63. The number of halogens is 1. The Bertz CT molecular complexity index is 411. The van der Waals surface area contributed by atoms with E-state index in [4.69, 9.17) is 0 Å². The van der Waals surface area contributed by atoms with Gasteiger partial charge in [0.1, 0.15) is 0 Å². The van der Waals surface area contributed by atoms with E-state index in [1.54, 1.807) is 24.3 Å². The molecule has 4 nitrogen and oxygen atoms in total. The molecule has 0 heterocycles. The van der Waals surface area contributed by atoms with E-state index in [1.807, 2.05) is 0 Å². The largest absolute Gasteiger partial charge is 0.391 e. The average molecular weight is 238 g/mol. The molecule has 2 rings (SSSR count). The molecular formula is C12H15FN2O2. The van der Waals surface area contributed by atoms with Gasteiger partial charge in [0.05, 0.1) is 17.7 Å². The van der Waals surface area contributed by atoms with Crippen LogP contribution in [0, 0.1) is 0 Å². The van der Waals surface area contributed by atoms with Gasteiger partial charge in [-0.15, -0.1) is 0 Å². The first-order chi connectivity index (χ1) is 8.22. The number of para-hydroxylation sites is 1. The minimum atomic E-state index is -0.777. The number of amides is 1. The molecule has 1 aliphatic carbocycles. The van der Waals surface area contributed by atoms with E-state index in [2.05, 4.69) is 5.32 Å². The van der Waals surface area contributed by atoms with E-state index in [0.29, 0.717) is 5.69 Å². The topological polar surface area (TPSA) is 61.4 Å². The number of hydrogen-bond donors (Lipinski definition) is 3. The highest BCUT2D eigenvalue weighted by Gasteiger charge is 2.26. The van der Waals surface area contributed by atoms with Gasteiger partial charge in [0.2, 0.25) is 0 Å². The van der Waals surface area contributed by atoms with Crippen LogP contribution in [0.3, 0.4) is 0 Å². The smallest absolute Gasteiger partial charge is 0.281 e. The highest BCUT2D eigenvalue weighted by molar-refractivity contribution is 5.98. The van der Waals surface area contributed by atoms with Gasteiger partial charge in [-0.1, -0.05) is 16.6 Å². The lowest BCUT2D eigenvalue weighted by molar-refractivity contribution is 0.0860. The maximum atomic E-state index is 12.2. The fraction of sp³-hybridized carbons (Fsp3) is 0.417. The fourth-order valence-corrected chi connectivity index (χ4v) is 2.17. The van der Waals surface area contributed by atoms with Gasteiger partial charge >= 0.3 is 0 Å². The summed E-state index contributed by atoms with van der Waals surface area (Å²) < 4.78 is 12.2. The summed E-state index contributed by atoms with van der Waals surface area (Å²) in [5.74, 6) is -0.777. The summed E-state index contributed by atoms with van der Waals surface area (Å²) in [5, 5.41) is 12.8. The van der Waals surface area contributed by atoms with E-state index < -0.39 is 12.0 Å². The van der Waals surface area contributed by atoms with Crippen molar-refractivity contribution in [1.29, 1.82) is 0 Å². The standard InChI is InChI=1S/C12H15FN2O2/c13-15-12(17)8-4-1-2-5-9(8)14-10-6-3-7-11(10)16/h1-2,4-5,10-11,14,16H,3,6-7H2,(H,15,17). The minimum Gasteiger partial charge on any atom is -0.391 e. The van der Waals surface area contributed by atoms with Crippen LogP contribution in [0.5, 0.6) is 0 Å². The first-order valence-corrected chi connectivity index (χ1v) is 5.67. The van der Waals surface area contributed by atoms with Crippen molar-refractivity contribution in [2.24, 2.45) is 0 Å². The second-order valence-corrected chi connectivity index (χ2v) is 4.22. The zero-order chi connectivity index (χ0) is 12.3. The van der Waals surface area contributed by atoms with Crippen LogP contribution in [0.15, 0.2) is 24.3 Å². The van der Waals surface area contributed by atoms with E-state index in [9.17, 15) is 14.4 Å². The molecule has 1 saturated carbocycles. The molecule has 5 heteroatoms. The van der Waals surface area contributed by atoms with Crippen LogP contribution in [0.25, 0.3) is 0 Å². The number of carbonyl (C=O) groups is 1. The first-order valence-electron chi connectivity index (χ1n) is 5.67. The zero-order valence-corrected chi connectivity index (χ0v) is 9.32. The lowest BCUT2D eigenvalue weighted by atomic mass is 10.1. The van der Waals surface area contributed by atoms with Crippen molar-refractivity contribution in [2.45, 2.75) is 31.4 Å². The molecule has 1 aliphatic rings. The Kier molecular flexibility index (Phi) is 3.58. The summed E-state index contributed by atoms with van der Waals surface area (Å²) in [6.07, 6.45) is 2.16. The van der Waals surface area contributed by atoms with E-state index in [-0.39, 0.29) is 11.6 Å². The number of anilines is 1. The summed E-state index contributed by atoms with van der Waals surface area (Å²) in [4.78, 5) is 11.3. The SMILES string of the molecule is O=C(NF)c1ccccc1NC1CCCC1O. The predicted molar refractivity (Wildman–Crippen MR) is 62.3 cm³/mol. The van der Waals surface area contributed by atoms with Crippen molar-refractivity contribution in [1.82, 2.24) is 5.54 Å². The molecule has 1 aromatic carbocycles. The molecule has 1 aromatic rings. The number of benzene rings is 1. The Morgan fingerprint density at radius 2 is 2.12 bits per heavy atom. The van der Waals surface area contributed by atoms with E-state index in [0.717, 1.165) is 24.8 Å². The van der Waals surface area contributed by atoms with Crippen molar-refractivity contribution in [3.63, 3.8) is 0 Å². The molecule has 92 valence electrons. The summed E-state index contributed by atoms with van der Waals surface area (Å²) in [6, 6.07) is 6.61. The molecule has 17 heavy (non-hydrogen) atoms. The molecule has 3 N–H and O–H groups in total. The number of aliphatic hydroxyl groups excluding tert-OH is 1. The van der Waals surface area contributed by atoms with Gasteiger partial charge in [0, 0.05) is 5.69 Å². The Morgan fingerprint density at radius 3 is 2.76 bits per heavy atom. The van der Waals surface area contributed by atoms with E-state index in [1.165, 1.54) is 0 Å². The number of rotatable bonds is 3. The Labute approximate surface area is 98.8 Å². The summed E-state index contributed by atoms with van der Waals surface area (Å²) >= 11 is 0. The van der Waals surface area contributed by atoms with Crippen molar-refractivity contribution in [2.75, 3.05) is 5.32 Å². The second-order valence-electron chi connectivity index (χ2n) is 4.22. The molecule has 0 aliphatic heterocycles. The molecule has 0 spiro atoms. The minimum absolute atomic E-state index is 0.0661. The molecule has 0 saturated heterocycles. The van der Waals surface area contributed by atoms with Crippen LogP contribution >= 0.6 is 0 Å². The lowest BCUT2D eigenvalue weighted by Gasteiger charge is -2.19. The van der Waals surface area contributed by atoms with Crippen LogP contribution in [-0.4, -0.2) is 23.2 Å². The normalized spacial score (nSPS) is 23.4. The highest BCUT2D eigenvalue weighted by Crippen LogP contribution is 2.24. The molecule has 2 unspecified atom stereocenters. The third-order valence-electron chi connectivity index (χ3n) is 3.08. The van der Waals surface area contributed by atoms with Gasteiger partial charge in [0.15, 0.2) is 0 Å². The van der Waals surface area contributed by atoms with Crippen molar-refractivity contribution >= 4 is 11.6 Å². The van der Waals surface area contributed by atoms with Crippen LogP contribution in [0.1, 0.15) is 29.6 Å². The van der Waals surface area contributed by atoms with Crippen LogP contribution < -0.4 is 10.9 Å². The maximum Gasteiger partial charge on any atom is 0.281 e. The number of aliphatic hydroxyl groups is 1. The Morgan fingerprint density at radius 1 is 1.35 bits per heavy atom. The lowest BCUT2D eigenvalue weighted by Crippen LogP contribution is -2.29. The van der Waals surface area contributed by atoms with Gasteiger partial charge in [0.25, 0.3) is 5.91 Å². The third-order valence-corrected chi connectivity index (χ3v) is 3.08. The molecule has 0 radical (unpaired) electrons. The van der Waals surface area contributed by atoms with Crippen LogP contribution in [-0.2, 0) is 0 Å². The van der Waals surface area contributed by atoms with Gasteiger partial charge in [-0.25, -0.2) is 0 Å². The van der Waals surface area contributed by atoms with Crippen molar-refractivity contribution in [3.05, 3.63) is 29.8 Å².